The van der Waals surface area contributed by atoms with E-state index >= 15 is 0 Å². The van der Waals surface area contributed by atoms with Gasteiger partial charge in [-0.15, -0.1) is 0 Å². The van der Waals surface area contributed by atoms with Gasteiger partial charge in [0.1, 0.15) is 11.5 Å². The van der Waals surface area contributed by atoms with E-state index in [1.54, 1.807) is 6.20 Å². The maximum Gasteiger partial charge on any atom is 0.167 e. The Bertz CT molecular complexity index is 1040. The minimum absolute atomic E-state index is 0.0988. The summed E-state index contributed by atoms with van der Waals surface area (Å²) in [5, 5.41) is 16.4. The van der Waals surface area contributed by atoms with E-state index in [4.69, 9.17) is 15.4 Å². The van der Waals surface area contributed by atoms with E-state index in [0.717, 1.165) is 41.9 Å². The third-order valence-corrected chi connectivity index (χ3v) is 5.77. The van der Waals surface area contributed by atoms with Gasteiger partial charge < -0.3 is 25.2 Å². The number of aliphatic hydroxyl groups excluding tert-OH is 1. The fourth-order valence-corrected chi connectivity index (χ4v) is 3.93. The number of benzene rings is 1. The molecule has 7 heteroatoms. The Labute approximate surface area is 182 Å². The predicted octanol–water partition coefficient (Wildman–Crippen LogP) is 2.36. The summed E-state index contributed by atoms with van der Waals surface area (Å²) in [4.78, 5) is 4.38. The first-order chi connectivity index (χ1) is 15.2. The number of imidazole rings is 1. The predicted molar refractivity (Wildman–Crippen MR) is 119 cm³/mol. The molecular formula is C24H29N5O2. The Hall–Kier alpha value is -2.92. The third-order valence-electron chi connectivity index (χ3n) is 5.77. The molecule has 3 aromatic rings. The monoisotopic (exact) mass is 419 g/mol. The van der Waals surface area contributed by atoms with Gasteiger partial charge in [-0.2, -0.15) is 0 Å². The fraction of sp³-hybridized carbons (Fsp3) is 0.417. The number of aromatic nitrogens is 3. The molecule has 0 amide bonds. The number of aryl methyl sites for hydroxylation is 1. The number of hydrogen-bond donors (Lipinski definition) is 3. The SMILES string of the molecule is CCc1nccn1[C@H](CN)c1cc(-c2ccc(C#C[C@H]3C[C@H](NCCO)C3)cc2)on1. The van der Waals surface area contributed by atoms with Gasteiger partial charge in [-0.25, -0.2) is 4.98 Å². The van der Waals surface area contributed by atoms with E-state index in [9.17, 15) is 0 Å². The molecular weight excluding hydrogens is 390 g/mol. The Morgan fingerprint density at radius 2 is 2.13 bits per heavy atom. The van der Waals surface area contributed by atoms with Crippen molar-refractivity contribution >= 4 is 0 Å². The zero-order valence-electron chi connectivity index (χ0n) is 17.8. The Kier molecular flexibility index (Phi) is 6.82. The normalized spacial score (nSPS) is 18.8. The summed E-state index contributed by atoms with van der Waals surface area (Å²) >= 11 is 0. The van der Waals surface area contributed by atoms with Crippen molar-refractivity contribution in [2.75, 3.05) is 19.7 Å². The first-order valence-electron chi connectivity index (χ1n) is 10.9. The highest BCUT2D eigenvalue weighted by molar-refractivity contribution is 5.59. The highest BCUT2D eigenvalue weighted by Gasteiger charge is 2.26. The van der Waals surface area contributed by atoms with E-state index in [-0.39, 0.29) is 12.6 Å². The molecule has 0 unspecified atom stereocenters. The zero-order valence-corrected chi connectivity index (χ0v) is 17.8. The number of aliphatic hydroxyl groups is 1. The molecule has 0 aliphatic heterocycles. The van der Waals surface area contributed by atoms with Gasteiger partial charge in [0.25, 0.3) is 0 Å². The maximum atomic E-state index is 8.85. The van der Waals surface area contributed by atoms with E-state index in [2.05, 4.69) is 38.8 Å². The summed E-state index contributed by atoms with van der Waals surface area (Å²) in [6, 6.07) is 10.4. The summed E-state index contributed by atoms with van der Waals surface area (Å²) in [5.74, 6) is 8.72. The molecule has 4 N–H and O–H groups in total. The highest BCUT2D eigenvalue weighted by Crippen LogP contribution is 2.27. The molecule has 0 saturated heterocycles. The van der Waals surface area contributed by atoms with Gasteiger partial charge in [0.05, 0.1) is 12.6 Å². The van der Waals surface area contributed by atoms with Crippen molar-refractivity contribution in [1.29, 1.82) is 0 Å². The average molecular weight is 420 g/mol. The van der Waals surface area contributed by atoms with Crippen LogP contribution in [0, 0.1) is 17.8 Å². The Balaban J connectivity index is 1.40. The molecule has 162 valence electrons. The van der Waals surface area contributed by atoms with Crippen LogP contribution in [0.2, 0.25) is 0 Å². The van der Waals surface area contributed by atoms with E-state index in [0.29, 0.717) is 30.8 Å². The van der Waals surface area contributed by atoms with Crippen LogP contribution in [0.4, 0.5) is 0 Å². The lowest BCUT2D eigenvalue weighted by molar-refractivity contribution is 0.237. The second kappa shape index (κ2) is 9.92. The molecule has 0 spiro atoms. The van der Waals surface area contributed by atoms with Crippen LogP contribution in [0.5, 0.6) is 0 Å². The van der Waals surface area contributed by atoms with E-state index < -0.39 is 0 Å². The zero-order chi connectivity index (χ0) is 21.6. The lowest BCUT2D eigenvalue weighted by Crippen LogP contribution is -2.41. The van der Waals surface area contributed by atoms with E-state index in [1.165, 1.54) is 0 Å². The Morgan fingerprint density at radius 3 is 2.84 bits per heavy atom. The number of nitrogens with zero attached hydrogens (tertiary/aromatic N) is 3. The van der Waals surface area contributed by atoms with Crippen LogP contribution in [0.1, 0.15) is 42.9 Å². The van der Waals surface area contributed by atoms with Crippen LogP contribution in [-0.2, 0) is 6.42 Å². The lowest BCUT2D eigenvalue weighted by Gasteiger charge is -2.32. The minimum Gasteiger partial charge on any atom is -0.395 e. The number of rotatable bonds is 8. The van der Waals surface area contributed by atoms with Gasteiger partial charge in [0.15, 0.2) is 5.76 Å². The second-order valence-corrected chi connectivity index (χ2v) is 7.86. The first kappa shape index (κ1) is 21.3. The standard InChI is InChI=1S/C24H29N5O2/c1-2-24-27-9-11-29(24)22(16-25)21-15-23(31-28-21)19-7-5-17(6-8-19)3-4-18-13-20(14-18)26-10-12-30/h5-9,11,15,18,20,22,26,30H,2,10,12-14,16,25H2,1H3/t18-,20-,22-/m1/s1. The molecule has 31 heavy (non-hydrogen) atoms. The molecule has 4 rings (SSSR count). The molecule has 1 atom stereocenters. The van der Waals surface area contributed by atoms with Gasteiger partial charge in [0, 0.05) is 61.1 Å². The second-order valence-electron chi connectivity index (χ2n) is 7.86. The smallest absolute Gasteiger partial charge is 0.167 e. The topological polar surface area (TPSA) is 102 Å². The lowest BCUT2D eigenvalue weighted by atomic mass is 9.80. The van der Waals surface area contributed by atoms with Gasteiger partial charge in [0.2, 0.25) is 0 Å². The minimum atomic E-state index is -0.0988. The molecule has 1 aliphatic carbocycles. The van der Waals surface area contributed by atoms with Crippen molar-refractivity contribution in [3.8, 4) is 23.2 Å². The first-order valence-corrected chi connectivity index (χ1v) is 10.9. The molecule has 2 aromatic heterocycles. The van der Waals surface area contributed by atoms with Crippen molar-refractivity contribution in [2.45, 2.75) is 38.3 Å². The van der Waals surface area contributed by atoms with Crippen LogP contribution in [0.3, 0.4) is 0 Å². The van der Waals surface area contributed by atoms with Crippen LogP contribution in [0.25, 0.3) is 11.3 Å². The summed E-state index contributed by atoms with van der Waals surface area (Å²) < 4.78 is 7.67. The van der Waals surface area contributed by atoms with Crippen LogP contribution < -0.4 is 11.1 Å². The average Bonchev–Trinajstić information content (AvgIpc) is 3.44. The van der Waals surface area contributed by atoms with Crippen molar-refractivity contribution in [3.05, 3.63) is 59.8 Å². The molecule has 1 aromatic carbocycles. The molecule has 7 nitrogen and oxygen atoms in total. The molecule has 0 bridgehead atoms. The van der Waals surface area contributed by atoms with Crippen molar-refractivity contribution in [1.82, 2.24) is 20.0 Å². The van der Waals surface area contributed by atoms with Gasteiger partial charge in [-0.1, -0.05) is 23.9 Å². The molecule has 1 aliphatic rings. The van der Waals surface area contributed by atoms with Crippen molar-refractivity contribution in [3.63, 3.8) is 0 Å². The molecule has 2 heterocycles. The number of nitrogens with two attached hydrogens (primary N) is 1. The summed E-state index contributed by atoms with van der Waals surface area (Å²) in [5.41, 5.74) is 8.77. The largest absolute Gasteiger partial charge is 0.395 e. The van der Waals surface area contributed by atoms with Crippen LogP contribution in [0.15, 0.2) is 47.2 Å². The number of hydrogen-bond acceptors (Lipinski definition) is 6. The van der Waals surface area contributed by atoms with E-state index in [1.807, 2.05) is 36.5 Å². The quantitative estimate of drug-likeness (QED) is 0.485. The van der Waals surface area contributed by atoms with Crippen LogP contribution in [-0.4, -0.2) is 45.6 Å². The van der Waals surface area contributed by atoms with Gasteiger partial charge in [-0.05, 0) is 37.1 Å². The highest BCUT2D eigenvalue weighted by atomic mass is 16.5. The Morgan fingerprint density at radius 1 is 1.32 bits per heavy atom. The third kappa shape index (κ3) is 4.88. The molecule has 1 fully saturated rings. The number of nitrogens with one attached hydrogen (secondary N) is 1. The van der Waals surface area contributed by atoms with Crippen LogP contribution >= 0.6 is 0 Å². The molecule has 0 radical (unpaired) electrons. The van der Waals surface area contributed by atoms with Crippen molar-refractivity contribution < 1.29 is 9.63 Å². The fourth-order valence-electron chi connectivity index (χ4n) is 3.93. The van der Waals surface area contributed by atoms with Crippen molar-refractivity contribution in [2.24, 2.45) is 11.7 Å². The molecule has 1 saturated carbocycles. The summed E-state index contributed by atoms with van der Waals surface area (Å²) in [6.45, 7) is 3.33. The maximum absolute atomic E-state index is 8.85. The summed E-state index contributed by atoms with van der Waals surface area (Å²) in [6.07, 6.45) is 6.65. The summed E-state index contributed by atoms with van der Waals surface area (Å²) in [7, 11) is 0. The van der Waals surface area contributed by atoms with Gasteiger partial charge in [-0.3, -0.25) is 0 Å². The van der Waals surface area contributed by atoms with Gasteiger partial charge >= 0.3 is 0 Å².